The molecule has 2 rings (SSSR count). The Hall–Kier alpha value is 0.0600. The first kappa shape index (κ1) is 14.5. The van der Waals surface area contributed by atoms with Gasteiger partial charge in [-0.15, -0.1) is 0 Å². The molecule has 0 amide bonds. The third-order valence-corrected chi connectivity index (χ3v) is 4.84. The highest BCUT2D eigenvalue weighted by Crippen LogP contribution is 2.23. The average Bonchev–Trinajstić information content (AvgIpc) is 2.73. The van der Waals surface area contributed by atoms with Gasteiger partial charge in [-0.25, -0.2) is 0 Å². The van der Waals surface area contributed by atoms with Gasteiger partial charge in [-0.2, -0.15) is 24.9 Å². The normalized spacial score (nSPS) is 30.8. The van der Waals surface area contributed by atoms with Crippen molar-refractivity contribution < 1.29 is 13.2 Å². The van der Waals surface area contributed by atoms with Crippen molar-refractivity contribution >= 4 is 11.8 Å². The molecule has 2 aliphatic rings. The van der Waals surface area contributed by atoms with Gasteiger partial charge in [0.25, 0.3) is 0 Å². The third kappa shape index (κ3) is 4.97. The van der Waals surface area contributed by atoms with E-state index in [9.17, 15) is 13.2 Å². The molecule has 6 heteroatoms. The fraction of sp³-hybridized carbons (Fsp3) is 1.00. The van der Waals surface area contributed by atoms with E-state index in [4.69, 9.17) is 0 Å². The van der Waals surface area contributed by atoms with Gasteiger partial charge in [-0.1, -0.05) is 0 Å². The zero-order valence-electron chi connectivity index (χ0n) is 10.5. The summed E-state index contributed by atoms with van der Waals surface area (Å²) in [5.41, 5.74) is 0. The summed E-state index contributed by atoms with van der Waals surface area (Å²) in [7, 11) is 0. The van der Waals surface area contributed by atoms with Gasteiger partial charge in [0.2, 0.25) is 0 Å². The van der Waals surface area contributed by atoms with E-state index in [2.05, 4.69) is 5.32 Å². The summed E-state index contributed by atoms with van der Waals surface area (Å²) in [4.78, 5) is 1.53. The van der Waals surface area contributed by atoms with Crippen molar-refractivity contribution in [1.82, 2.24) is 10.2 Å². The largest absolute Gasteiger partial charge is 0.401 e. The minimum atomic E-state index is -4.05. The van der Waals surface area contributed by atoms with Crippen molar-refractivity contribution in [3.63, 3.8) is 0 Å². The maximum atomic E-state index is 12.3. The molecule has 18 heavy (non-hydrogen) atoms. The lowest BCUT2D eigenvalue weighted by molar-refractivity contribution is -0.143. The molecule has 0 aromatic heterocycles. The van der Waals surface area contributed by atoms with Gasteiger partial charge < -0.3 is 5.32 Å². The Balaban J connectivity index is 1.63. The maximum absolute atomic E-state index is 12.3. The summed E-state index contributed by atoms with van der Waals surface area (Å²) in [6, 6.07) is 0.570. The number of rotatable bonds is 4. The van der Waals surface area contributed by atoms with Crippen LogP contribution in [0.5, 0.6) is 0 Å². The van der Waals surface area contributed by atoms with Gasteiger partial charge >= 0.3 is 6.18 Å². The number of halogens is 3. The molecule has 2 unspecified atom stereocenters. The number of nitrogens with zero attached hydrogens (tertiary/aromatic N) is 1. The number of thioether (sulfide) groups is 1. The first-order chi connectivity index (χ1) is 8.53. The molecule has 0 aromatic rings. The van der Waals surface area contributed by atoms with Crippen LogP contribution in [0.1, 0.15) is 19.3 Å². The molecule has 2 fully saturated rings. The minimum Gasteiger partial charge on any atom is -0.313 e. The standard InChI is InChI=1S/C12H21F3N2S/c13-12(14,15)9-17-4-3-10(7-17)6-16-11-2-1-5-18-8-11/h10-11,16H,1-9H2. The molecule has 0 spiro atoms. The van der Waals surface area contributed by atoms with Crippen LogP contribution in [0.2, 0.25) is 0 Å². The number of nitrogens with one attached hydrogen (secondary N) is 1. The molecule has 0 bridgehead atoms. The second-order valence-electron chi connectivity index (χ2n) is 5.33. The molecular weight excluding hydrogens is 261 g/mol. The van der Waals surface area contributed by atoms with E-state index in [0.717, 1.165) is 18.7 Å². The Labute approximate surface area is 111 Å². The van der Waals surface area contributed by atoms with Crippen molar-refractivity contribution in [3.05, 3.63) is 0 Å². The fourth-order valence-corrected chi connectivity index (χ4v) is 3.82. The molecule has 0 aromatic carbocycles. The van der Waals surface area contributed by atoms with Crippen molar-refractivity contribution in [2.45, 2.75) is 31.5 Å². The van der Waals surface area contributed by atoms with Crippen LogP contribution in [-0.2, 0) is 0 Å². The van der Waals surface area contributed by atoms with Crippen LogP contribution in [0.15, 0.2) is 0 Å². The van der Waals surface area contributed by atoms with Crippen molar-refractivity contribution in [3.8, 4) is 0 Å². The Bertz CT molecular complexity index is 254. The van der Waals surface area contributed by atoms with Crippen LogP contribution in [-0.4, -0.2) is 54.8 Å². The molecule has 2 nitrogen and oxygen atoms in total. The first-order valence-corrected chi connectivity index (χ1v) is 7.78. The van der Waals surface area contributed by atoms with Crippen LogP contribution >= 0.6 is 11.8 Å². The molecule has 2 saturated heterocycles. The Morgan fingerprint density at radius 3 is 2.78 bits per heavy atom. The molecule has 2 heterocycles. The van der Waals surface area contributed by atoms with Crippen LogP contribution in [0, 0.1) is 5.92 Å². The lowest BCUT2D eigenvalue weighted by Gasteiger charge is -2.24. The minimum absolute atomic E-state index is 0.388. The van der Waals surface area contributed by atoms with Gasteiger partial charge in [0.1, 0.15) is 0 Å². The van der Waals surface area contributed by atoms with Crippen LogP contribution in [0.25, 0.3) is 0 Å². The van der Waals surface area contributed by atoms with Gasteiger partial charge in [0.05, 0.1) is 6.54 Å². The first-order valence-electron chi connectivity index (χ1n) is 6.63. The second kappa shape index (κ2) is 6.48. The molecular formula is C12H21F3N2S. The molecule has 2 aliphatic heterocycles. The zero-order valence-corrected chi connectivity index (χ0v) is 11.3. The third-order valence-electron chi connectivity index (χ3n) is 3.63. The van der Waals surface area contributed by atoms with E-state index in [0.29, 0.717) is 25.0 Å². The molecule has 2 atom stereocenters. The monoisotopic (exact) mass is 282 g/mol. The van der Waals surface area contributed by atoms with E-state index in [1.54, 1.807) is 0 Å². The highest BCUT2D eigenvalue weighted by molar-refractivity contribution is 7.99. The van der Waals surface area contributed by atoms with Crippen molar-refractivity contribution in [1.29, 1.82) is 0 Å². The number of likely N-dealkylation sites (tertiary alicyclic amines) is 1. The van der Waals surface area contributed by atoms with Crippen LogP contribution in [0.4, 0.5) is 13.2 Å². The highest BCUT2D eigenvalue weighted by Gasteiger charge is 2.34. The van der Waals surface area contributed by atoms with Gasteiger partial charge in [-0.3, -0.25) is 4.90 Å². The lowest BCUT2D eigenvalue weighted by Crippen LogP contribution is -2.38. The summed E-state index contributed by atoms with van der Waals surface area (Å²) >= 11 is 1.97. The summed E-state index contributed by atoms with van der Waals surface area (Å²) in [5.74, 6) is 2.79. The van der Waals surface area contributed by atoms with E-state index < -0.39 is 12.7 Å². The van der Waals surface area contributed by atoms with Crippen molar-refractivity contribution in [2.24, 2.45) is 5.92 Å². The predicted molar refractivity (Wildman–Crippen MR) is 69.0 cm³/mol. The lowest BCUT2D eigenvalue weighted by atomic mass is 10.1. The van der Waals surface area contributed by atoms with Crippen LogP contribution in [0.3, 0.4) is 0 Å². The number of alkyl halides is 3. The molecule has 0 aliphatic carbocycles. The average molecular weight is 282 g/mol. The van der Waals surface area contributed by atoms with Gasteiger partial charge in [0, 0.05) is 18.3 Å². The summed E-state index contributed by atoms with van der Waals surface area (Å²) in [6.45, 7) is 1.31. The number of hydrogen-bond donors (Lipinski definition) is 1. The van der Waals surface area contributed by atoms with Crippen molar-refractivity contribution in [2.75, 3.05) is 37.7 Å². The summed E-state index contributed by atoms with van der Waals surface area (Å²) in [5, 5.41) is 3.52. The smallest absolute Gasteiger partial charge is 0.313 e. The quantitative estimate of drug-likeness (QED) is 0.852. The zero-order chi connectivity index (χ0) is 13.0. The van der Waals surface area contributed by atoms with Gasteiger partial charge in [0.15, 0.2) is 0 Å². The Morgan fingerprint density at radius 1 is 1.28 bits per heavy atom. The Morgan fingerprint density at radius 2 is 2.11 bits per heavy atom. The van der Waals surface area contributed by atoms with E-state index >= 15 is 0 Å². The van der Waals surface area contributed by atoms with Gasteiger partial charge in [-0.05, 0) is 44.0 Å². The summed E-state index contributed by atoms with van der Waals surface area (Å²) in [6.07, 6.45) is -0.690. The van der Waals surface area contributed by atoms with E-state index in [-0.39, 0.29) is 0 Å². The SMILES string of the molecule is FC(F)(F)CN1CCC(CNC2CCCSC2)C1. The Kier molecular flexibility index (Phi) is 5.21. The molecule has 1 N–H and O–H groups in total. The second-order valence-corrected chi connectivity index (χ2v) is 6.48. The maximum Gasteiger partial charge on any atom is 0.401 e. The fourth-order valence-electron chi connectivity index (χ4n) is 2.71. The predicted octanol–water partition coefficient (Wildman–Crippen LogP) is 2.36. The van der Waals surface area contributed by atoms with E-state index in [1.165, 1.54) is 23.5 Å². The van der Waals surface area contributed by atoms with Crippen LogP contribution < -0.4 is 5.32 Å². The molecule has 106 valence electrons. The topological polar surface area (TPSA) is 15.3 Å². The highest BCUT2D eigenvalue weighted by atomic mass is 32.2. The van der Waals surface area contributed by atoms with E-state index in [1.807, 2.05) is 11.8 Å². The summed E-state index contributed by atoms with van der Waals surface area (Å²) < 4.78 is 36.8. The molecule has 0 radical (unpaired) electrons. The molecule has 0 saturated carbocycles. The number of hydrogen-bond acceptors (Lipinski definition) is 3.